The molecule has 0 bridgehead atoms. The minimum atomic E-state index is -1.29. The van der Waals surface area contributed by atoms with Gasteiger partial charge in [0.15, 0.2) is 0 Å². The molecule has 0 aliphatic rings. The fourth-order valence-electron chi connectivity index (χ4n) is 3.88. The van der Waals surface area contributed by atoms with Crippen molar-refractivity contribution in [2.24, 2.45) is 0 Å². The number of carbonyl (C=O) groups excluding carboxylic acids is 2. The normalized spacial score (nSPS) is 11.1. The number of esters is 2. The largest absolute Gasteiger partial charge is 0.478 e. The first-order chi connectivity index (χ1) is 19.1. The summed E-state index contributed by atoms with van der Waals surface area (Å²) in [6.07, 6.45) is 2.61. The highest BCUT2D eigenvalue weighted by Gasteiger charge is 2.23. The molecule has 0 heterocycles. The third-order valence-electron chi connectivity index (χ3n) is 5.74. The molecule has 0 amide bonds. The zero-order chi connectivity index (χ0) is 29.4. The van der Waals surface area contributed by atoms with Crippen molar-refractivity contribution in [3.8, 4) is 34.4 Å². The average molecular weight is 536 g/mol. The van der Waals surface area contributed by atoms with Crippen LogP contribution in [0.15, 0.2) is 71.8 Å². The second kappa shape index (κ2) is 12.5. The summed E-state index contributed by atoms with van der Waals surface area (Å²) < 4.78 is 9.14. The number of hydrogen-bond acceptors (Lipinski definition) is 8. The maximum atomic E-state index is 12.2. The van der Waals surface area contributed by atoms with Crippen LogP contribution in [-0.4, -0.2) is 48.3 Å². The fourth-order valence-corrected chi connectivity index (χ4v) is 3.88. The van der Waals surface area contributed by atoms with Gasteiger partial charge in [-0.25, -0.2) is 19.2 Å². The van der Waals surface area contributed by atoms with Gasteiger partial charge < -0.3 is 19.7 Å². The number of carboxylic acids is 2. The van der Waals surface area contributed by atoms with Crippen LogP contribution in [0.25, 0.3) is 34.4 Å². The van der Waals surface area contributed by atoms with Gasteiger partial charge in [0.25, 0.3) is 0 Å². The molecule has 0 aromatic heterocycles. The van der Waals surface area contributed by atoms with E-state index in [0.717, 1.165) is 14.2 Å². The number of hydrogen-bond donors (Lipinski definition) is 2. The maximum Gasteiger partial charge on any atom is 0.348 e. The van der Waals surface area contributed by atoms with Crippen LogP contribution in [0.3, 0.4) is 0 Å². The van der Waals surface area contributed by atoms with Crippen molar-refractivity contribution in [2.45, 2.75) is 0 Å². The molecule has 10 heteroatoms. The van der Waals surface area contributed by atoms with E-state index in [1.165, 1.54) is 24.3 Å². The molecule has 0 radical (unpaired) electrons. The highest BCUT2D eigenvalue weighted by atomic mass is 16.5. The van der Waals surface area contributed by atoms with E-state index >= 15 is 0 Å². The molecule has 0 fully saturated rings. The summed E-state index contributed by atoms with van der Waals surface area (Å²) >= 11 is 0. The van der Waals surface area contributed by atoms with E-state index in [9.17, 15) is 39.9 Å². The predicted molar refractivity (Wildman–Crippen MR) is 142 cm³/mol. The van der Waals surface area contributed by atoms with Gasteiger partial charge in [0.05, 0.1) is 25.3 Å². The molecular weight excluding hydrogens is 516 g/mol. The Bertz CT molecular complexity index is 1530. The van der Waals surface area contributed by atoms with Crippen LogP contribution in [0, 0.1) is 22.7 Å². The lowest BCUT2D eigenvalue weighted by Gasteiger charge is -2.17. The van der Waals surface area contributed by atoms with Crippen molar-refractivity contribution in [3.05, 3.63) is 94.1 Å². The van der Waals surface area contributed by atoms with Crippen LogP contribution >= 0.6 is 0 Å². The van der Waals surface area contributed by atoms with Crippen molar-refractivity contribution >= 4 is 36.0 Å². The average Bonchev–Trinajstić information content (AvgIpc) is 2.97. The molecule has 3 aromatic rings. The smallest absolute Gasteiger partial charge is 0.348 e. The van der Waals surface area contributed by atoms with E-state index in [-0.39, 0.29) is 33.4 Å². The number of methoxy groups -OCH3 is 2. The molecule has 0 aliphatic carbocycles. The molecule has 40 heavy (non-hydrogen) atoms. The van der Waals surface area contributed by atoms with Gasteiger partial charge in [0, 0.05) is 11.1 Å². The summed E-state index contributed by atoms with van der Waals surface area (Å²) in [4.78, 5) is 47.8. The van der Waals surface area contributed by atoms with Crippen molar-refractivity contribution in [1.29, 1.82) is 10.5 Å². The molecule has 0 saturated heterocycles. The molecule has 198 valence electrons. The zero-order valence-electron chi connectivity index (χ0n) is 21.2. The van der Waals surface area contributed by atoms with Gasteiger partial charge in [-0.05, 0) is 46.5 Å². The molecule has 0 saturated carbocycles. The molecule has 3 rings (SSSR count). The molecule has 0 atom stereocenters. The molecular formula is C30H20N2O8. The standard InChI is InChI=1S/C30H20N2O8/c1-39-29(37)21(15-31)13-17-3-7-19(8-4-17)25-23(27(33)34)11-12-24(28(35)36)26(25)20-9-5-18(6-10-20)14-22(16-32)30(38)40-2/h3-14H,1-2H3,(H,33,34)(H,35,36)/b21-13+,22-14+. The third kappa shape index (κ3) is 6.10. The van der Waals surface area contributed by atoms with Crippen LogP contribution < -0.4 is 0 Å². The number of nitriles is 2. The van der Waals surface area contributed by atoms with Gasteiger partial charge in [0.2, 0.25) is 0 Å². The summed E-state index contributed by atoms with van der Waals surface area (Å²) in [7, 11) is 2.29. The SMILES string of the molecule is COC(=O)/C(C#N)=C/c1ccc(-c2c(C(=O)O)ccc(C(=O)O)c2-c2ccc(/C=C(\C#N)C(=O)OC)cc2)cc1. The lowest BCUT2D eigenvalue weighted by atomic mass is 9.86. The number of ether oxygens (including phenoxy) is 2. The Morgan fingerprint density at radius 1 is 0.625 bits per heavy atom. The quantitative estimate of drug-likeness (QED) is 0.235. The second-order valence-corrected chi connectivity index (χ2v) is 8.09. The molecule has 10 nitrogen and oxygen atoms in total. The molecule has 0 spiro atoms. The topological polar surface area (TPSA) is 175 Å². The van der Waals surface area contributed by atoms with Crippen molar-refractivity contribution in [2.75, 3.05) is 14.2 Å². The van der Waals surface area contributed by atoms with E-state index < -0.39 is 23.9 Å². The Morgan fingerprint density at radius 3 is 1.20 bits per heavy atom. The first-order valence-electron chi connectivity index (χ1n) is 11.4. The third-order valence-corrected chi connectivity index (χ3v) is 5.74. The first-order valence-corrected chi connectivity index (χ1v) is 11.4. The number of carboxylic acid groups (broad SMARTS) is 2. The van der Waals surface area contributed by atoms with Gasteiger partial charge >= 0.3 is 23.9 Å². The minimum absolute atomic E-state index is 0.131. The zero-order valence-corrected chi connectivity index (χ0v) is 21.2. The Balaban J connectivity index is 2.23. The van der Waals surface area contributed by atoms with Gasteiger partial charge in [-0.2, -0.15) is 10.5 Å². The Morgan fingerprint density at radius 2 is 0.950 bits per heavy atom. The molecule has 0 aliphatic heterocycles. The van der Waals surface area contributed by atoms with Crippen LogP contribution in [0.5, 0.6) is 0 Å². The van der Waals surface area contributed by atoms with E-state index in [0.29, 0.717) is 22.3 Å². The van der Waals surface area contributed by atoms with Crippen LogP contribution in [-0.2, 0) is 19.1 Å². The summed E-state index contributed by atoms with van der Waals surface area (Å²) in [5.74, 6) is -4.21. The number of carbonyl (C=O) groups is 4. The molecule has 0 unspecified atom stereocenters. The van der Waals surface area contributed by atoms with Gasteiger partial charge in [-0.15, -0.1) is 0 Å². The van der Waals surface area contributed by atoms with Crippen LogP contribution in [0.1, 0.15) is 31.8 Å². The number of aromatic carboxylic acids is 2. The second-order valence-electron chi connectivity index (χ2n) is 8.09. The Hall–Kier alpha value is -6.00. The summed E-state index contributed by atoms with van der Waals surface area (Å²) in [6.45, 7) is 0. The minimum Gasteiger partial charge on any atom is -0.478 e. The lowest BCUT2D eigenvalue weighted by Crippen LogP contribution is -2.07. The van der Waals surface area contributed by atoms with Crippen LogP contribution in [0.4, 0.5) is 0 Å². The van der Waals surface area contributed by atoms with Gasteiger partial charge in [-0.3, -0.25) is 0 Å². The van der Waals surface area contributed by atoms with Crippen molar-refractivity contribution in [3.63, 3.8) is 0 Å². The van der Waals surface area contributed by atoms with Crippen molar-refractivity contribution < 1.29 is 38.9 Å². The van der Waals surface area contributed by atoms with E-state index in [1.807, 2.05) is 0 Å². The summed E-state index contributed by atoms with van der Waals surface area (Å²) in [6, 6.07) is 18.3. The maximum absolute atomic E-state index is 12.2. The van der Waals surface area contributed by atoms with Gasteiger partial charge in [0.1, 0.15) is 23.3 Å². The highest BCUT2D eigenvalue weighted by molar-refractivity contribution is 6.08. The molecule has 2 N–H and O–H groups in total. The summed E-state index contributed by atoms with van der Waals surface area (Å²) in [5.41, 5.74) is 1.11. The monoisotopic (exact) mass is 536 g/mol. The van der Waals surface area contributed by atoms with E-state index in [1.54, 1.807) is 60.7 Å². The Kier molecular flexibility index (Phi) is 8.93. The van der Waals surface area contributed by atoms with Gasteiger partial charge in [-0.1, -0.05) is 48.5 Å². The summed E-state index contributed by atoms with van der Waals surface area (Å²) in [5, 5.41) is 38.3. The van der Waals surface area contributed by atoms with Crippen LogP contribution in [0.2, 0.25) is 0 Å². The Labute approximate surface area is 228 Å². The first kappa shape index (κ1) is 28.6. The lowest BCUT2D eigenvalue weighted by molar-refractivity contribution is -0.136. The predicted octanol–water partition coefficient (Wildman–Crippen LogP) is 4.58. The number of rotatable bonds is 8. The number of benzene rings is 3. The van der Waals surface area contributed by atoms with Crippen molar-refractivity contribution in [1.82, 2.24) is 0 Å². The fraction of sp³-hybridized carbons (Fsp3) is 0.0667. The highest BCUT2D eigenvalue weighted by Crippen LogP contribution is 2.38. The van der Waals surface area contributed by atoms with E-state index in [4.69, 9.17) is 0 Å². The van der Waals surface area contributed by atoms with E-state index in [2.05, 4.69) is 9.47 Å². The number of nitrogens with zero attached hydrogens (tertiary/aromatic N) is 2. The molecule has 3 aromatic carbocycles.